The zero-order valence-corrected chi connectivity index (χ0v) is 15.4. The fourth-order valence-electron chi connectivity index (χ4n) is 3.38. The number of pyridine rings is 1. The highest BCUT2D eigenvalue weighted by atomic mass is 35.5. The molecule has 7 heteroatoms. The molecule has 0 radical (unpaired) electrons. The first-order chi connectivity index (χ1) is 10.1. The van der Waals surface area contributed by atoms with E-state index in [4.69, 9.17) is 0 Å². The highest BCUT2D eigenvalue weighted by Gasteiger charge is 2.38. The van der Waals surface area contributed by atoms with Crippen LogP contribution in [-0.2, 0) is 0 Å². The molecular formula is C16H26Cl2N4O. The number of rotatable bonds is 2. The average Bonchev–Trinajstić information content (AvgIpc) is 2.96. The third-order valence-corrected chi connectivity index (χ3v) is 4.89. The number of aromatic nitrogens is 1. The number of hydrogen-bond donors (Lipinski definition) is 1. The summed E-state index contributed by atoms with van der Waals surface area (Å²) in [5, 5.41) is 3.46. The Morgan fingerprint density at radius 2 is 1.96 bits per heavy atom. The molecule has 1 spiro atoms. The van der Waals surface area contributed by atoms with E-state index in [1.807, 2.05) is 36.0 Å². The molecule has 2 aliphatic heterocycles. The van der Waals surface area contributed by atoms with Crippen LogP contribution in [0.2, 0.25) is 0 Å². The summed E-state index contributed by atoms with van der Waals surface area (Å²) >= 11 is 0. The van der Waals surface area contributed by atoms with E-state index in [1.54, 1.807) is 6.20 Å². The molecule has 2 saturated heterocycles. The van der Waals surface area contributed by atoms with Gasteiger partial charge in [-0.1, -0.05) is 0 Å². The van der Waals surface area contributed by atoms with Gasteiger partial charge in [0.2, 0.25) is 0 Å². The minimum absolute atomic E-state index is 0. The maximum Gasteiger partial charge on any atom is 0.254 e. The molecule has 1 aromatic heterocycles. The van der Waals surface area contributed by atoms with Gasteiger partial charge < -0.3 is 15.1 Å². The normalized spacial score (nSPS) is 19.0. The predicted molar refractivity (Wildman–Crippen MR) is 98.1 cm³/mol. The molecule has 0 saturated carbocycles. The number of carbonyl (C=O) groups is 1. The van der Waals surface area contributed by atoms with E-state index in [1.165, 1.54) is 6.42 Å². The Bertz CT molecular complexity index is 523. The van der Waals surface area contributed by atoms with E-state index in [0.717, 1.165) is 50.4 Å². The van der Waals surface area contributed by atoms with E-state index < -0.39 is 0 Å². The van der Waals surface area contributed by atoms with Gasteiger partial charge >= 0.3 is 0 Å². The quantitative estimate of drug-likeness (QED) is 0.878. The summed E-state index contributed by atoms with van der Waals surface area (Å²) in [5.74, 6) is 0.968. The van der Waals surface area contributed by atoms with Crippen molar-refractivity contribution < 1.29 is 4.79 Å². The van der Waals surface area contributed by atoms with Crippen molar-refractivity contribution in [3.05, 3.63) is 23.9 Å². The maximum absolute atomic E-state index is 12.6. The van der Waals surface area contributed by atoms with Crippen LogP contribution in [0.15, 0.2) is 18.3 Å². The number of halogens is 2. The fraction of sp³-hybridized carbons (Fsp3) is 0.625. The molecule has 0 unspecified atom stereocenters. The zero-order valence-electron chi connectivity index (χ0n) is 13.7. The molecule has 0 atom stereocenters. The lowest BCUT2D eigenvalue weighted by molar-refractivity contribution is 0.0607. The fourth-order valence-corrected chi connectivity index (χ4v) is 3.38. The van der Waals surface area contributed by atoms with Gasteiger partial charge in [0.1, 0.15) is 5.82 Å². The van der Waals surface area contributed by atoms with Crippen LogP contribution in [0.1, 0.15) is 29.6 Å². The molecule has 0 bridgehead atoms. The Labute approximate surface area is 150 Å². The van der Waals surface area contributed by atoms with Crippen LogP contribution in [0.4, 0.5) is 5.82 Å². The standard InChI is InChI=1S/C16H24N4O.2ClH/c1-19(2)14-11-13(3-7-18-14)15(21)20-9-5-16(6-10-20)4-8-17-12-16;;/h3,7,11,17H,4-6,8-10,12H2,1-2H3;2*1H. The molecular weight excluding hydrogens is 335 g/mol. The Morgan fingerprint density at radius 3 is 2.52 bits per heavy atom. The van der Waals surface area contributed by atoms with Crippen molar-refractivity contribution >= 4 is 36.5 Å². The van der Waals surface area contributed by atoms with E-state index in [2.05, 4.69) is 10.3 Å². The number of hydrogen-bond acceptors (Lipinski definition) is 4. The molecule has 3 heterocycles. The van der Waals surface area contributed by atoms with Gasteiger partial charge in [0.05, 0.1) is 0 Å². The topological polar surface area (TPSA) is 48.5 Å². The van der Waals surface area contributed by atoms with Gasteiger partial charge in [-0.3, -0.25) is 4.79 Å². The second-order valence-corrected chi connectivity index (χ2v) is 6.52. The average molecular weight is 361 g/mol. The van der Waals surface area contributed by atoms with Gasteiger partial charge in [-0.2, -0.15) is 0 Å². The van der Waals surface area contributed by atoms with Crippen molar-refractivity contribution in [2.45, 2.75) is 19.3 Å². The van der Waals surface area contributed by atoms with Gasteiger partial charge in [0.25, 0.3) is 5.91 Å². The lowest BCUT2D eigenvalue weighted by Gasteiger charge is -2.39. The van der Waals surface area contributed by atoms with E-state index in [0.29, 0.717) is 5.41 Å². The third kappa shape index (κ3) is 4.28. The monoisotopic (exact) mass is 360 g/mol. The third-order valence-electron chi connectivity index (χ3n) is 4.89. The number of nitrogens with zero attached hydrogens (tertiary/aromatic N) is 3. The molecule has 1 N–H and O–H groups in total. The van der Waals surface area contributed by atoms with Crippen LogP contribution in [-0.4, -0.2) is 56.1 Å². The van der Waals surface area contributed by atoms with Crippen LogP contribution in [0.25, 0.3) is 0 Å². The Balaban J connectivity index is 0.00000132. The summed E-state index contributed by atoms with van der Waals surface area (Å²) in [6, 6.07) is 3.70. The Hall–Kier alpha value is -1.04. The number of carbonyl (C=O) groups excluding carboxylic acids is 1. The van der Waals surface area contributed by atoms with E-state index >= 15 is 0 Å². The number of piperidine rings is 1. The van der Waals surface area contributed by atoms with Crippen LogP contribution in [0, 0.1) is 5.41 Å². The van der Waals surface area contributed by atoms with E-state index in [-0.39, 0.29) is 30.7 Å². The van der Waals surface area contributed by atoms with Crippen molar-refractivity contribution in [2.24, 2.45) is 5.41 Å². The SMILES string of the molecule is CN(C)c1cc(C(=O)N2CCC3(CCNC3)CC2)ccn1.Cl.Cl. The molecule has 2 fully saturated rings. The molecule has 0 aliphatic carbocycles. The van der Waals surface area contributed by atoms with E-state index in [9.17, 15) is 4.79 Å². The Morgan fingerprint density at radius 1 is 1.26 bits per heavy atom. The Kier molecular flexibility index (Phi) is 7.11. The van der Waals surface area contributed by atoms with Crippen molar-refractivity contribution in [1.29, 1.82) is 0 Å². The molecule has 1 aromatic rings. The van der Waals surface area contributed by atoms with Gasteiger partial charge in [-0.25, -0.2) is 4.98 Å². The predicted octanol–water partition coefficient (Wildman–Crippen LogP) is 2.21. The largest absolute Gasteiger partial charge is 0.363 e. The summed E-state index contributed by atoms with van der Waals surface area (Å²) < 4.78 is 0. The summed E-state index contributed by atoms with van der Waals surface area (Å²) in [6.07, 6.45) is 5.22. The molecule has 2 aliphatic rings. The summed E-state index contributed by atoms with van der Waals surface area (Å²) in [5.41, 5.74) is 1.19. The number of amides is 1. The highest BCUT2D eigenvalue weighted by molar-refractivity contribution is 5.94. The van der Waals surface area contributed by atoms with Gasteiger partial charge in [-0.05, 0) is 43.4 Å². The van der Waals surface area contributed by atoms with Crippen LogP contribution >= 0.6 is 24.8 Å². The van der Waals surface area contributed by atoms with Crippen molar-refractivity contribution in [3.63, 3.8) is 0 Å². The van der Waals surface area contributed by atoms with Gasteiger partial charge in [-0.15, -0.1) is 24.8 Å². The molecule has 5 nitrogen and oxygen atoms in total. The second kappa shape index (κ2) is 8.18. The minimum Gasteiger partial charge on any atom is -0.363 e. The lowest BCUT2D eigenvalue weighted by Crippen LogP contribution is -2.44. The summed E-state index contributed by atoms with van der Waals surface area (Å²) in [7, 11) is 3.88. The summed E-state index contributed by atoms with van der Waals surface area (Å²) in [4.78, 5) is 20.8. The number of likely N-dealkylation sites (tertiary alicyclic amines) is 1. The van der Waals surface area contributed by atoms with Crippen LogP contribution in [0.5, 0.6) is 0 Å². The highest BCUT2D eigenvalue weighted by Crippen LogP contribution is 2.37. The smallest absolute Gasteiger partial charge is 0.254 e. The molecule has 1 amide bonds. The van der Waals surface area contributed by atoms with Gasteiger partial charge in [0, 0.05) is 45.5 Å². The lowest BCUT2D eigenvalue weighted by atomic mass is 9.78. The number of nitrogens with one attached hydrogen (secondary N) is 1. The van der Waals surface area contributed by atoms with Crippen molar-refractivity contribution in [1.82, 2.24) is 15.2 Å². The second-order valence-electron chi connectivity index (χ2n) is 6.52. The molecule has 130 valence electrons. The molecule has 3 rings (SSSR count). The molecule has 23 heavy (non-hydrogen) atoms. The first-order valence-corrected chi connectivity index (χ1v) is 7.73. The first-order valence-electron chi connectivity index (χ1n) is 7.73. The summed E-state index contributed by atoms with van der Waals surface area (Å²) in [6.45, 7) is 4.00. The van der Waals surface area contributed by atoms with Crippen molar-refractivity contribution in [2.75, 3.05) is 45.2 Å². The van der Waals surface area contributed by atoms with Crippen LogP contribution in [0.3, 0.4) is 0 Å². The number of anilines is 1. The maximum atomic E-state index is 12.6. The minimum atomic E-state index is 0. The first kappa shape index (κ1) is 20.0. The van der Waals surface area contributed by atoms with Crippen LogP contribution < -0.4 is 10.2 Å². The van der Waals surface area contributed by atoms with Crippen molar-refractivity contribution in [3.8, 4) is 0 Å². The zero-order chi connectivity index (χ0) is 14.9. The molecule has 0 aromatic carbocycles. The van der Waals surface area contributed by atoms with Gasteiger partial charge in [0.15, 0.2) is 0 Å².